The fourth-order valence-electron chi connectivity index (χ4n) is 0.936. The molecule has 0 aliphatic heterocycles. The summed E-state index contributed by atoms with van der Waals surface area (Å²) in [6.45, 7) is 4.19. The molecular formula is C9H13NO. The lowest BCUT2D eigenvalue weighted by atomic mass is 10.2. The van der Waals surface area contributed by atoms with Gasteiger partial charge in [-0.05, 0) is 25.5 Å². The van der Waals surface area contributed by atoms with Crippen molar-refractivity contribution in [3.63, 3.8) is 0 Å². The zero-order valence-electron chi connectivity index (χ0n) is 6.96. The van der Waals surface area contributed by atoms with E-state index < -0.39 is 0 Å². The molecule has 0 unspecified atom stereocenters. The van der Waals surface area contributed by atoms with Crippen molar-refractivity contribution in [3.8, 4) is 0 Å². The lowest BCUT2D eigenvalue weighted by molar-refractivity contribution is 0.298. The molecular weight excluding hydrogens is 138 g/mol. The van der Waals surface area contributed by atoms with Gasteiger partial charge in [0.25, 0.3) is 0 Å². The molecule has 0 atom stereocenters. The Balaban J connectivity index is 2.86. The molecule has 1 rings (SSSR count). The summed E-state index contributed by atoms with van der Waals surface area (Å²) in [6.07, 6.45) is 0.654. The molecule has 60 valence electrons. The average molecular weight is 151 g/mol. The van der Waals surface area contributed by atoms with E-state index in [2.05, 4.69) is 4.98 Å². The van der Waals surface area contributed by atoms with Crippen molar-refractivity contribution in [3.05, 3.63) is 29.1 Å². The quantitative estimate of drug-likeness (QED) is 0.689. The molecule has 0 spiro atoms. The van der Waals surface area contributed by atoms with Gasteiger partial charge in [0.05, 0.1) is 0 Å². The van der Waals surface area contributed by atoms with Gasteiger partial charge < -0.3 is 5.11 Å². The SMILES string of the molecule is Cc1ccc(CCO)nc1C. The molecule has 1 aromatic heterocycles. The molecule has 1 N–H and O–H groups in total. The molecule has 0 amide bonds. The van der Waals surface area contributed by atoms with Crippen molar-refractivity contribution in [2.45, 2.75) is 20.3 Å². The fraction of sp³-hybridized carbons (Fsp3) is 0.444. The lowest BCUT2D eigenvalue weighted by Gasteiger charge is -2.01. The number of hydrogen-bond donors (Lipinski definition) is 1. The normalized spacial score (nSPS) is 10.1. The molecule has 0 radical (unpaired) electrons. The minimum absolute atomic E-state index is 0.176. The van der Waals surface area contributed by atoms with Gasteiger partial charge in [-0.15, -0.1) is 0 Å². The van der Waals surface area contributed by atoms with E-state index in [1.54, 1.807) is 0 Å². The Hall–Kier alpha value is -0.890. The summed E-state index contributed by atoms with van der Waals surface area (Å²) >= 11 is 0. The third kappa shape index (κ3) is 2.02. The molecule has 0 saturated carbocycles. The molecule has 0 fully saturated rings. The standard InChI is InChI=1S/C9H13NO/c1-7-3-4-9(5-6-11)10-8(7)2/h3-4,11H,5-6H2,1-2H3. The van der Waals surface area contributed by atoms with E-state index >= 15 is 0 Å². The Bertz CT molecular complexity index is 245. The third-order valence-electron chi connectivity index (χ3n) is 1.78. The van der Waals surface area contributed by atoms with Crippen molar-refractivity contribution in [2.24, 2.45) is 0 Å². The Labute approximate surface area is 66.9 Å². The number of rotatable bonds is 2. The van der Waals surface area contributed by atoms with Crippen LogP contribution < -0.4 is 0 Å². The topological polar surface area (TPSA) is 33.1 Å². The highest BCUT2D eigenvalue weighted by atomic mass is 16.3. The van der Waals surface area contributed by atoms with E-state index in [1.165, 1.54) is 5.56 Å². The van der Waals surface area contributed by atoms with Gasteiger partial charge in [0, 0.05) is 24.4 Å². The first-order chi connectivity index (χ1) is 5.24. The van der Waals surface area contributed by atoms with E-state index in [-0.39, 0.29) is 6.61 Å². The molecule has 0 saturated heterocycles. The maximum Gasteiger partial charge on any atom is 0.0486 e. The van der Waals surface area contributed by atoms with E-state index in [9.17, 15) is 0 Å². The summed E-state index contributed by atoms with van der Waals surface area (Å²) in [5.41, 5.74) is 3.22. The largest absolute Gasteiger partial charge is 0.396 e. The third-order valence-corrected chi connectivity index (χ3v) is 1.78. The first kappa shape index (κ1) is 8.21. The number of nitrogens with zero attached hydrogens (tertiary/aromatic N) is 1. The molecule has 1 aromatic rings. The second-order valence-corrected chi connectivity index (χ2v) is 2.68. The molecule has 0 aliphatic rings. The summed E-state index contributed by atoms with van der Waals surface area (Å²) in [5, 5.41) is 8.64. The van der Waals surface area contributed by atoms with Gasteiger partial charge in [-0.1, -0.05) is 6.07 Å². The molecule has 0 aliphatic carbocycles. The number of aryl methyl sites for hydroxylation is 2. The molecule has 2 nitrogen and oxygen atoms in total. The monoisotopic (exact) mass is 151 g/mol. The van der Waals surface area contributed by atoms with Crippen LogP contribution in [0.2, 0.25) is 0 Å². The van der Waals surface area contributed by atoms with Gasteiger partial charge in [-0.25, -0.2) is 0 Å². The first-order valence-corrected chi connectivity index (χ1v) is 3.78. The second-order valence-electron chi connectivity index (χ2n) is 2.68. The summed E-state index contributed by atoms with van der Waals surface area (Å²) in [7, 11) is 0. The van der Waals surface area contributed by atoms with Crippen LogP contribution >= 0.6 is 0 Å². The van der Waals surface area contributed by atoms with Crippen molar-refractivity contribution in [1.29, 1.82) is 0 Å². The van der Waals surface area contributed by atoms with Crippen LogP contribution in [-0.4, -0.2) is 16.7 Å². The van der Waals surface area contributed by atoms with Crippen LogP contribution in [0.15, 0.2) is 12.1 Å². The van der Waals surface area contributed by atoms with Crippen LogP contribution in [0.5, 0.6) is 0 Å². The number of hydrogen-bond acceptors (Lipinski definition) is 2. The molecule has 1 heterocycles. The number of aliphatic hydroxyl groups excluding tert-OH is 1. The second kappa shape index (κ2) is 3.49. The van der Waals surface area contributed by atoms with Gasteiger partial charge >= 0.3 is 0 Å². The van der Waals surface area contributed by atoms with Gasteiger partial charge in [-0.2, -0.15) is 0 Å². The summed E-state index contributed by atoms with van der Waals surface area (Å²) in [6, 6.07) is 3.99. The van der Waals surface area contributed by atoms with Crippen LogP contribution in [0.3, 0.4) is 0 Å². The van der Waals surface area contributed by atoms with E-state index in [1.807, 2.05) is 26.0 Å². The minimum atomic E-state index is 0.176. The van der Waals surface area contributed by atoms with Crippen molar-refractivity contribution >= 4 is 0 Å². The first-order valence-electron chi connectivity index (χ1n) is 3.78. The summed E-state index contributed by atoms with van der Waals surface area (Å²) in [5.74, 6) is 0. The predicted octanol–water partition coefficient (Wildman–Crippen LogP) is 1.23. The van der Waals surface area contributed by atoms with Gasteiger partial charge in [-0.3, -0.25) is 4.98 Å². The van der Waals surface area contributed by atoms with E-state index in [0.29, 0.717) is 6.42 Å². The van der Waals surface area contributed by atoms with Crippen molar-refractivity contribution in [1.82, 2.24) is 4.98 Å². The van der Waals surface area contributed by atoms with Crippen molar-refractivity contribution < 1.29 is 5.11 Å². The average Bonchev–Trinajstić information content (AvgIpc) is 1.98. The number of aliphatic hydroxyl groups is 1. The number of pyridine rings is 1. The van der Waals surface area contributed by atoms with Gasteiger partial charge in [0.2, 0.25) is 0 Å². The minimum Gasteiger partial charge on any atom is -0.396 e. The summed E-state index contributed by atoms with van der Waals surface area (Å²) < 4.78 is 0. The van der Waals surface area contributed by atoms with E-state index in [4.69, 9.17) is 5.11 Å². The van der Waals surface area contributed by atoms with Crippen LogP contribution in [0.25, 0.3) is 0 Å². The molecule has 0 bridgehead atoms. The zero-order chi connectivity index (χ0) is 8.27. The molecule has 11 heavy (non-hydrogen) atoms. The lowest BCUT2D eigenvalue weighted by Crippen LogP contribution is -1.97. The van der Waals surface area contributed by atoms with Crippen LogP contribution in [0.4, 0.5) is 0 Å². The maximum absolute atomic E-state index is 8.64. The highest BCUT2D eigenvalue weighted by Gasteiger charge is 1.96. The fourth-order valence-corrected chi connectivity index (χ4v) is 0.936. The molecule has 2 heteroatoms. The van der Waals surface area contributed by atoms with Crippen LogP contribution in [0, 0.1) is 13.8 Å². The van der Waals surface area contributed by atoms with Crippen LogP contribution in [-0.2, 0) is 6.42 Å². The highest BCUT2D eigenvalue weighted by molar-refractivity contribution is 5.20. The Morgan fingerprint density at radius 3 is 2.64 bits per heavy atom. The Kier molecular flexibility index (Phi) is 2.60. The summed E-state index contributed by atoms with van der Waals surface area (Å²) in [4.78, 5) is 4.30. The maximum atomic E-state index is 8.64. The van der Waals surface area contributed by atoms with E-state index in [0.717, 1.165) is 11.4 Å². The van der Waals surface area contributed by atoms with Crippen molar-refractivity contribution in [2.75, 3.05) is 6.61 Å². The van der Waals surface area contributed by atoms with Gasteiger partial charge in [0.1, 0.15) is 0 Å². The van der Waals surface area contributed by atoms with Crippen LogP contribution in [0.1, 0.15) is 17.0 Å². The zero-order valence-corrected chi connectivity index (χ0v) is 6.96. The predicted molar refractivity (Wildman–Crippen MR) is 44.5 cm³/mol. The van der Waals surface area contributed by atoms with Gasteiger partial charge in [0.15, 0.2) is 0 Å². The smallest absolute Gasteiger partial charge is 0.0486 e. The Morgan fingerprint density at radius 2 is 2.09 bits per heavy atom. The Morgan fingerprint density at radius 1 is 1.36 bits per heavy atom. The number of aromatic nitrogens is 1. The highest BCUT2D eigenvalue weighted by Crippen LogP contribution is 2.04. The molecule has 0 aromatic carbocycles.